The van der Waals surface area contributed by atoms with Gasteiger partial charge in [0.25, 0.3) is 5.91 Å². The van der Waals surface area contributed by atoms with Crippen LogP contribution in [-0.2, 0) is 4.74 Å². The first-order chi connectivity index (χ1) is 11.8. The van der Waals surface area contributed by atoms with Crippen LogP contribution in [0.1, 0.15) is 56.5 Å². The van der Waals surface area contributed by atoms with Crippen molar-refractivity contribution in [2.45, 2.75) is 33.7 Å². The number of carbonyl (C=O) groups is 3. The second-order valence-electron chi connectivity index (χ2n) is 5.73. The van der Waals surface area contributed by atoms with E-state index in [1.165, 1.54) is 18.3 Å². The smallest absolute Gasteiger partial charge is 0.354 e. The van der Waals surface area contributed by atoms with Crippen LogP contribution in [0.3, 0.4) is 0 Å². The second kappa shape index (κ2) is 7.38. The van der Waals surface area contributed by atoms with Crippen molar-refractivity contribution in [3.05, 3.63) is 46.7 Å². The number of amides is 1. The summed E-state index contributed by atoms with van der Waals surface area (Å²) < 4.78 is 9.86. The molecule has 0 fully saturated rings. The van der Waals surface area contributed by atoms with E-state index in [2.05, 4.69) is 4.98 Å². The van der Waals surface area contributed by atoms with Gasteiger partial charge in [-0.25, -0.2) is 4.79 Å². The Labute approximate surface area is 145 Å². The molecule has 0 aromatic carbocycles. The SMILES string of the molecule is CCN(C(=O)c1ccco1)C(C)C(=O)c1c(C)[nH]c(C(=O)OC)c1C. The van der Waals surface area contributed by atoms with Gasteiger partial charge in [-0.3, -0.25) is 9.59 Å². The molecule has 0 saturated carbocycles. The molecular formula is C18H22N2O5. The van der Waals surface area contributed by atoms with E-state index in [4.69, 9.17) is 9.15 Å². The molecule has 134 valence electrons. The maximum absolute atomic E-state index is 13.0. The molecule has 0 spiro atoms. The van der Waals surface area contributed by atoms with Gasteiger partial charge in [0.2, 0.25) is 0 Å². The van der Waals surface area contributed by atoms with Crippen LogP contribution in [-0.4, -0.2) is 47.2 Å². The van der Waals surface area contributed by atoms with E-state index in [1.807, 2.05) is 0 Å². The normalized spacial score (nSPS) is 11.9. The number of hydrogen-bond acceptors (Lipinski definition) is 5. The van der Waals surface area contributed by atoms with Crippen molar-refractivity contribution in [1.29, 1.82) is 0 Å². The Kier molecular flexibility index (Phi) is 5.46. The van der Waals surface area contributed by atoms with Crippen molar-refractivity contribution in [2.75, 3.05) is 13.7 Å². The Morgan fingerprint density at radius 3 is 2.52 bits per heavy atom. The molecule has 1 amide bonds. The van der Waals surface area contributed by atoms with E-state index in [9.17, 15) is 14.4 Å². The van der Waals surface area contributed by atoms with Crippen molar-refractivity contribution in [2.24, 2.45) is 0 Å². The summed E-state index contributed by atoms with van der Waals surface area (Å²) >= 11 is 0. The summed E-state index contributed by atoms with van der Waals surface area (Å²) in [6.45, 7) is 7.20. The van der Waals surface area contributed by atoms with E-state index in [-0.39, 0.29) is 23.1 Å². The Balaban J connectivity index is 2.34. The zero-order valence-electron chi connectivity index (χ0n) is 15.0. The number of furan rings is 1. The van der Waals surface area contributed by atoms with Gasteiger partial charge in [0.15, 0.2) is 11.5 Å². The molecule has 25 heavy (non-hydrogen) atoms. The number of aryl methyl sites for hydroxylation is 1. The highest BCUT2D eigenvalue weighted by atomic mass is 16.5. The number of aromatic nitrogens is 1. The van der Waals surface area contributed by atoms with Crippen LogP contribution < -0.4 is 0 Å². The first-order valence-electron chi connectivity index (χ1n) is 7.99. The van der Waals surface area contributed by atoms with Gasteiger partial charge >= 0.3 is 5.97 Å². The molecule has 2 heterocycles. The highest BCUT2D eigenvalue weighted by Crippen LogP contribution is 2.22. The van der Waals surface area contributed by atoms with Crippen LogP contribution in [0.2, 0.25) is 0 Å². The third kappa shape index (κ3) is 3.35. The zero-order chi connectivity index (χ0) is 18.7. The summed E-state index contributed by atoms with van der Waals surface area (Å²) in [7, 11) is 1.28. The van der Waals surface area contributed by atoms with Crippen LogP contribution >= 0.6 is 0 Å². The largest absolute Gasteiger partial charge is 0.464 e. The summed E-state index contributed by atoms with van der Waals surface area (Å²) in [5.41, 5.74) is 1.73. The van der Waals surface area contributed by atoms with Crippen LogP contribution in [0.15, 0.2) is 22.8 Å². The van der Waals surface area contributed by atoms with E-state index >= 15 is 0 Å². The number of H-pyrrole nitrogens is 1. The van der Waals surface area contributed by atoms with Crippen LogP contribution in [0.5, 0.6) is 0 Å². The molecule has 0 aliphatic carbocycles. The number of methoxy groups -OCH3 is 1. The lowest BCUT2D eigenvalue weighted by atomic mass is 9.99. The van der Waals surface area contributed by atoms with Gasteiger partial charge in [0.1, 0.15) is 5.69 Å². The number of aromatic amines is 1. The second-order valence-corrected chi connectivity index (χ2v) is 5.73. The number of hydrogen-bond donors (Lipinski definition) is 1. The van der Waals surface area contributed by atoms with Crippen molar-refractivity contribution in [3.8, 4) is 0 Å². The van der Waals surface area contributed by atoms with Crippen LogP contribution in [0.25, 0.3) is 0 Å². The molecule has 1 unspecified atom stereocenters. The fourth-order valence-electron chi connectivity index (χ4n) is 2.91. The predicted molar refractivity (Wildman–Crippen MR) is 90.8 cm³/mol. The van der Waals surface area contributed by atoms with Gasteiger partial charge in [0, 0.05) is 17.8 Å². The molecule has 0 aliphatic rings. The summed E-state index contributed by atoms with van der Waals surface area (Å²) in [6.07, 6.45) is 1.41. The van der Waals surface area contributed by atoms with Crippen LogP contribution in [0.4, 0.5) is 0 Å². The minimum absolute atomic E-state index is 0.180. The van der Waals surface area contributed by atoms with Gasteiger partial charge < -0.3 is 19.0 Å². The maximum Gasteiger partial charge on any atom is 0.354 e. The Morgan fingerprint density at radius 2 is 2.00 bits per heavy atom. The van der Waals surface area contributed by atoms with E-state index in [1.54, 1.807) is 39.8 Å². The number of esters is 1. The minimum atomic E-state index is -0.707. The lowest BCUT2D eigenvalue weighted by molar-refractivity contribution is 0.0592. The third-order valence-electron chi connectivity index (χ3n) is 4.25. The summed E-state index contributed by atoms with van der Waals surface area (Å²) in [4.78, 5) is 41.7. The highest BCUT2D eigenvalue weighted by molar-refractivity contribution is 6.07. The van der Waals surface area contributed by atoms with Crippen molar-refractivity contribution < 1.29 is 23.5 Å². The minimum Gasteiger partial charge on any atom is -0.464 e. The quantitative estimate of drug-likeness (QED) is 0.641. The number of carbonyl (C=O) groups excluding carboxylic acids is 3. The summed E-state index contributed by atoms with van der Waals surface area (Å²) in [5.74, 6) is -0.957. The average Bonchev–Trinajstić information content (AvgIpc) is 3.22. The fourth-order valence-corrected chi connectivity index (χ4v) is 2.91. The van der Waals surface area contributed by atoms with Crippen molar-refractivity contribution in [1.82, 2.24) is 9.88 Å². The van der Waals surface area contributed by atoms with Gasteiger partial charge in [-0.15, -0.1) is 0 Å². The van der Waals surface area contributed by atoms with Gasteiger partial charge in [-0.1, -0.05) is 0 Å². The first kappa shape index (κ1) is 18.5. The third-order valence-corrected chi connectivity index (χ3v) is 4.25. The number of nitrogens with zero attached hydrogens (tertiary/aromatic N) is 1. The zero-order valence-corrected chi connectivity index (χ0v) is 15.0. The molecule has 2 rings (SSSR count). The molecule has 2 aromatic heterocycles. The molecule has 0 bridgehead atoms. The number of rotatable bonds is 6. The molecule has 7 heteroatoms. The number of likely N-dealkylation sites (N-methyl/N-ethyl adjacent to an activating group) is 1. The van der Waals surface area contributed by atoms with E-state index in [0.717, 1.165) is 0 Å². The first-order valence-corrected chi connectivity index (χ1v) is 7.99. The lowest BCUT2D eigenvalue weighted by Crippen LogP contribution is -2.43. The standard InChI is InChI=1S/C18H22N2O5/c1-6-20(17(22)13-8-7-9-25-13)12(4)16(21)14-10(2)15(18(23)24-5)19-11(14)3/h7-9,12,19H,6H2,1-5H3. The maximum atomic E-state index is 13.0. The molecular weight excluding hydrogens is 324 g/mol. The van der Waals surface area contributed by atoms with Crippen LogP contribution in [0, 0.1) is 13.8 Å². The lowest BCUT2D eigenvalue weighted by Gasteiger charge is -2.26. The fraction of sp³-hybridized carbons (Fsp3) is 0.389. The van der Waals surface area contributed by atoms with Crippen molar-refractivity contribution in [3.63, 3.8) is 0 Å². The monoisotopic (exact) mass is 346 g/mol. The molecule has 1 N–H and O–H groups in total. The van der Waals surface area contributed by atoms with Gasteiger partial charge in [-0.2, -0.15) is 0 Å². The summed E-state index contributed by atoms with van der Waals surface area (Å²) in [5, 5.41) is 0. The Morgan fingerprint density at radius 1 is 1.32 bits per heavy atom. The number of Topliss-reactive ketones (excluding diaryl/α,β-unsaturated/α-hetero) is 1. The topological polar surface area (TPSA) is 92.6 Å². The molecule has 7 nitrogen and oxygen atoms in total. The van der Waals surface area contributed by atoms with Gasteiger partial charge in [-0.05, 0) is 45.4 Å². The molecule has 0 aliphatic heterocycles. The van der Waals surface area contributed by atoms with E-state index < -0.39 is 12.0 Å². The highest BCUT2D eigenvalue weighted by Gasteiger charge is 2.31. The number of ether oxygens (including phenoxy) is 1. The summed E-state index contributed by atoms with van der Waals surface area (Å²) in [6, 6.07) is 2.47. The Bertz CT molecular complexity index is 789. The Hall–Kier alpha value is -2.83. The number of nitrogens with one attached hydrogen (secondary N) is 1. The molecule has 0 radical (unpaired) electrons. The van der Waals surface area contributed by atoms with Gasteiger partial charge in [0.05, 0.1) is 19.4 Å². The molecule has 1 atom stereocenters. The molecule has 2 aromatic rings. The average molecular weight is 346 g/mol. The molecule has 0 saturated heterocycles. The van der Waals surface area contributed by atoms with Crippen molar-refractivity contribution >= 4 is 17.7 Å². The van der Waals surface area contributed by atoms with E-state index in [0.29, 0.717) is 23.4 Å². The predicted octanol–water partition coefficient (Wildman–Crippen LogP) is 2.74. The number of ketones is 1.